The van der Waals surface area contributed by atoms with Crippen molar-refractivity contribution in [1.82, 2.24) is 10.6 Å². The molecule has 0 saturated carbocycles. The van der Waals surface area contributed by atoms with E-state index in [9.17, 15) is 14.4 Å². The minimum absolute atomic E-state index is 0.161. The zero-order chi connectivity index (χ0) is 14.7. The van der Waals surface area contributed by atoms with Gasteiger partial charge in [0.25, 0.3) is 11.8 Å². The number of rotatable bonds is 2. The van der Waals surface area contributed by atoms with Crippen molar-refractivity contribution in [2.24, 2.45) is 0 Å². The zero-order valence-corrected chi connectivity index (χ0v) is 11.5. The molecular formula is C13H8Cl2N2O3. The van der Waals surface area contributed by atoms with Crippen molar-refractivity contribution < 1.29 is 14.4 Å². The first kappa shape index (κ1) is 14.3. The summed E-state index contributed by atoms with van der Waals surface area (Å²) in [5.41, 5.74) is 0.520. The van der Waals surface area contributed by atoms with E-state index in [0.717, 1.165) is 0 Å². The second-order valence-electron chi connectivity index (χ2n) is 3.84. The summed E-state index contributed by atoms with van der Waals surface area (Å²) < 4.78 is 0. The number of benzene rings is 1. The molecule has 1 heterocycles. The number of hydrogen-bond acceptors (Lipinski definition) is 3. The van der Waals surface area contributed by atoms with E-state index in [1.165, 1.54) is 12.2 Å². The number of allylic oxidation sites excluding steroid dienone is 2. The number of halogens is 2. The minimum Gasteiger partial charge on any atom is -0.273 e. The molecule has 1 aromatic rings. The quantitative estimate of drug-likeness (QED) is 0.650. The maximum atomic E-state index is 11.4. The normalized spacial score (nSPS) is 15.3. The van der Waals surface area contributed by atoms with Crippen LogP contribution in [0.5, 0.6) is 0 Å². The predicted octanol–water partition coefficient (Wildman–Crippen LogP) is 2.30. The highest BCUT2D eigenvalue weighted by atomic mass is 35.5. The lowest BCUT2D eigenvalue weighted by atomic mass is 10.1. The Hall–Kier alpha value is -2.11. The van der Waals surface area contributed by atoms with Crippen LogP contribution in [-0.4, -0.2) is 17.8 Å². The van der Waals surface area contributed by atoms with Crippen molar-refractivity contribution in [2.75, 3.05) is 0 Å². The molecule has 0 aliphatic carbocycles. The van der Waals surface area contributed by atoms with E-state index >= 15 is 0 Å². The van der Waals surface area contributed by atoms with Gasteiger partial charge in [0, 0.05) is 10.0 Å². The summed E-state index contributed by atoms with van der Waals surface area (Å²) in [6, 6.07) is 4.11. The second-order valence-corrected chi connectivity index (χ2v) is 4.69. The number of amides is 4. The molecule has 0 radical (unpaired) electrons. The monoisotopic (exact) mass is 310 g/mol. The van der Waals surface area contributed by atoms with Gasteiger partial charge in [0.15, 0.2) is 0 Å². The first-order valence-electron chi connectivity index (χ1n) is 5.47. The summed E-state index contributed by atoms with van der Waals surface area (Å²) in [4.78, 5) is 33.7. The molecule has 1 aliphatic rings. The Labute approximate surface area is 124 Å². The molecule has 1 saturated heterocycles. The highest BCUT2D eigenvalue weighted by Crippen LogP contribution is 2.22. The molecule has 0 aromatic heterocycles. The van der Waals surface area contributed by atoms with Gasteiger partial charge in [0.1, 0.15) is 5.57 Å². The Kier molecular flexibility index (Phi) is 4.22. The number of carbonyl (C=O) groups excluding carboxylic acids is 3. The number of hydrogen-bond donors (Lipinski definition) is 2. The predicted molar refractivity (Wildman–Crippen MR) is 75.3 cm³/mol. The summed E-state index contributed by atoms with van der Waals surface area (Å²) >= 11 is 11.7. The van der Waals surface area contributed by atoms with Gasteiger partial charge in [0.2, 0.25) is 0 Å². The minimum atomic E-state index is -0.832. The van der Waals surface area contributed by atoms with E-state index in [1.54, 1.807) is 24.3 Å². The molecule has 0 bridgehead atoms. The summed E-state index contributed by atoms with van der Waals surface area (Å²) in [7, 11) is 0. The van der Waals surface area contributed by atoms with Gasteiger partial charge in [-0.05, 0) is 23.8 Å². The summed E-state index contributed by atoms with van der Waals surface area (Å²) in [6.07, 6.45) is 4.39. The third-order valence-corrected chi connectivity index (χ3v) is 3.01. The molecule has 4 amide bonds. The summed E-state index contributed by atoms with van der Waals surface area (Å²) in [6.45, 7) is 0. The Morgan fingerprint density at radius 3 is 2.25 bits per heavy atom. The van der Waals surface area contributed by atoms with Crippen molar-refractivity contribution >= 4 is 47.1 Å². The molecule has 2 N–H and O–H groups in total. The first-order chi connectivity index (χ1) is 9.47. The van der Waals surface area contributed by atoms with Crippen LogP contribution in [0.25, 0.3) is 6.08 Å². The van der Waals surface area contributed by atoms with Crippen LogP contribution in [0.4, 0.5) is 4.79 Å². The van der Waals surface area contributed by atoms with Gasteiger partial charge in [-0.3, -0.25) is 20.2 Å². The average molecular weight is 311 g/mol. The fraction of sp³-hybridized carbons (Fsp3) is 0. The van der Waals surface area contributed by atoms with Crippen LogP contribution < -0.4 is 10.6 Å². The smallest absolute Gasteiger partial charge is 0.273 e. The molecule has 0 atom stereocenters. The van der Waals surface area contributed by atoms with Crippen LogP contribution in [-0.2, 0) is 9.59 Å². The van der Waals surface area contributed by atoms with Gasteiger partial charge in [-0.1, -0.05) is 41.4 Å². The molecular weight excluding hydrogens is 303 g/mol. The molecule has 0 spiro atoms. The molecule has 1 aliphatic heterocycles. The Bertz CT molecular complexity index is 644. The lowest BCUT2D eigenvalue weighted by Gasteiger charge is -2.12. The Morgan fingerprint density at radius 2 is 1.65 bits per heavy atom. The first-order valence-corrected chi connectivity index (χ1v) is 6.23. The third kappa shape index (κ3) is 3.26. The molecule has 5 nitrogen and oxygen atoms in total. The van der Waals surface area contributed by atoms with Crippen LogP contribution in [0.1, 0.15) is 5.56 Å². The standard InChI is InChI=1S/C13H8Cl2N2O3/c14-8-5-4-7(10(15)6-8)2-1-3-9-11(18)16-13(20)17-12(9)19/h1-6H,(H2,16,17,18,19,20). The second kappa shape index (κ2) is 5.90. The van der Waals surface area contributed by atoms with Crippen molar-refractivity contribution in [3.05, 3.63) is 51.5 Å². The molecule has 1 fully saturated rings. The van der Waals surface area contributed by atoms with Crippen LogP contribution >= 0.6 is 23.2 Å². The average Bonchev–Trinajstić information content (AvgIpc) is 2.34. The fourth-order valence-electron chi connectivity index (χ4n) is 1.51. The summed E-state index contributed by atoms with van der Waals surface area (Å²) in [5.74, 6) is -1.49. The topological polar surface area (TPSA) is 75.3 Å². The lowest BCUT2D eigenvalue weighted by Crippen LogP contribution is -2.51. The number of urea groups is 1. The largest absolute Gasteiger partial charge is 0.328 e. The van der Waals surface area contributed by atoms with Crippen molar-refractivity contribution in [2.45, 2.75) is 0 Å². The zero-order valence-electron chi connectivity index (χ0n) is 9.94. The van der Waals surface area contributed by atoms with Gasteiger partial charge in [-0.15, -0.1) is 0 Å². The highest BCUT2D eigenvalue weighted by molar-refractivity contribution is 6.35. The van der Waals surface area contributed by atoms with Gasteiger partial charge >= 0.3 is 6.03 Å². The van der Waals surface area contributed by atoms with Crippen LogP contribution in [0.3, 0.4) is 0 Å². The molecule has 1 aromatic carbocycles. The van der Waals surface area contributed by atoms with E-state index < -0.39 is 17.8 Å². The van der Waals surface area contributed by atoms with Crippen molar-refractivity contribution in [1.29, 1.82) is 0 Å². The van der Waals surface area contributed by atoms with Crippen molar-refractivity contribution in [3.63, 3.8) is 0 Å². The fourth-order valence-corrected chi connectivity index (χ4v) is 1.98. The maximum absolute atomic E-state index is 11.4. The van der Waals surface area contributed by atoms with Crippen molar-refractivity contribution in [3.8, 4) is 0 Å². The van der Waals surface area contributed by atoms with E-state index in [-0.39, 0.29) is 5.57 Å². The number of nitrogens with one attached hydrogen (secondary N) is 2. The van der Waals surface area contributed by atoms with E-state index in [2.05, 4.69) is 0 Å². The Balaban J connectivity index is 2.19. The van der Waals surface area contributed by atoms with Gasteiger partial charge < -0.3 is 0 Å². The van der Waals surface area contributed by atoms with E-state index in [4.69, 9.17) is 23.2 Å². The number of carbonyl (C=O) groups is 3. The lowest BCUT2D eigenvalue weighted by molar-refractivity contribution is -0.124. The van der Waals surface area contributed by atoms with Gasteiger partial charge in [-0.2, -0.15) is 0 Å². The third-order valence-electron chi connectivity index (χ3n) is 2.44. The molecule has 0 unspecified atom stereocenters. The van der Waals surface area contributed by atoms with Gasteiger partial charge in [0.05, 0.1) is 0 Å². The van der Waals surface area contributed by atoms with Crippen LogP contribution in [0.15, 0.2) is 35.9 Å². The molecule has 2 rings (SSSR count). The molecule has 20 heavy (non-hydrogen) atoms. The maximum Gasteiger partial charge on any atom is 0.328 e. The molecule has 102 valence electrons. The van der Waals surface area contributed by atoms with E-state index in [1.807, 2.05) is 10.6 Å². The van der Waals surface area contributed by atoms with Crippen LogP contribution in [0, 0.1) is 0 Å². The van der Waals surface area contributed by atoms with E-state index in [0.29, 0.717) is 15.6 Å². The SMILES string of the molecule is O=C1NC(=O)C(=CC=Cc2ccc(Cl)cc2Cl)C(=O)N1. The molecule has 7 heteroatoms. The van der Waals surface area contributed by atoms with Crippen LogP contribution in [0.2, 0.25) is 10.0 Å². The highest BCUT2D eigenvalue weighted by Gasteiger charge is 2.26. The number of imide groups is 2. The number of barbiturate groups is 1. The summed E-state index contributed by atoms with van der Waals surface area (Å²) in [5, 5.41) is 4.90. The Morgan fingerprint density at radius 1 is 1.00 bits per heavy atom. The van der Waals surface area contributed by atoms with Gasteiger partial charge in [-0.25, -0.2) is 4.79 Å².